The van der Waals surface area contributed by atoms with Gasteiger partial charge in [0.25, 0.3) is 0 Å². The van der Waals surface area contributed by atoms with Gasteiger partial charge in [0.2, 0.25) is 0 Å². The molecule has 0 fully saturated rings. The maximum atomic E-state index is 10.9. The van der Waals surface area contributed by atoms with E-state index in [9.17, 15) is 4.79 Å². The van der Waals surface area contributed by atoms with Crippen LogP contribution in [0.25, 0.3) is 0 Å². The highest BCUT2D eigenvalue weighted by molar-refractivity contribution is 5.92. The van der Waals surface area contributed by atoms with E-state index in [0.29, 0.717) is 17.1 Å². The molecule has 1 aromatic heterocycles. The molecular weight excluding hydrogens is 158 g/mol. The highest BCUT2D eigenvalue weighted by atomic mass is 16.5. The van der Waals surface area contributed by atoms with Gasteiger partial charge in [-0.1, -0.05) is 0 Å². The molecule has 1 aliphatic heterocycles. The first-order valence-corrected chi connectivity index (χ1v) is 3.53. The molecular formula is C7H7N3O2. The number of esters is 1. The first-order chi connectivity index (χ1) is 5.81. The van der Waals surface area contributed by atoms with E-state index in [0.717, 1.165) is 0 Å². The zero-order chi connectivity index (χ0) is 8.55. The van der Waals surface area contributed by atoms with E-state index >= 15 is 0 Å². The van der Waals surface area contributed by atoms with Crippen LogP contribution >= 0.6 is 0 Å². The molecule has 1 aromatic rings. The number of rotatable bonds is 1. The minimum absolute atomic E-state index is 0.240. The Hall–Kier alpha value is -1.49. The molecule has 0 saturated heterocycles. The Balaban J connectivity index is 2.48. The standard InChI is InChI=1S/C7H7N3O2/c8-1-6-9-2-4-5(10-6)3-12-7(4)11/h2H,1,3,8H2. The van der Waals surface area contributed by atoms with Crippen molar-refractivity contribution in [2.75, 3.05) is 0 Å². The first kappa shape index (κ1) is 7.17. The molecule has 0 saturated carbocycles. The summed E-state index contributed by atoms with van der Waals surface area (Å²) in [4.78, 5) is 18.9. The quantitative estimate of drug-likeness (QED) is 0.573. The zero-order valence-corrected chi connectivity index (χ0v) is 6.28. The van der Waals surface area contributed by atoms with Gasteiger partial charge < -0.3 is 10.5 Å². The van der Waals surface area contributed by atoms with Crippen molar-refractivity contribution in [3.63, 3.8) is 0 Å². The lowest BCUT2D eigenvalue weighted by Gasteiger charge is -1.95. The summed E-state index contributed by atoms with van der Waals surface area (Å²) in [7, 11) is 0. The van der Waals surface area contributed by atoms with Crippen LogP contribution in [0, 0.1) is 0 Å². The highest BCUT2D eigenvalue weighted by Gasteiger charge is 2.22. The average Bonchev–Trinajstić information content (AvgIpc) is 2.47. The first-order valence-electron chi connectivity index (χ1n) is 3.53. The van der Waals surface area contributed by atoms with Gasteiger partial charge in [0.15, 0.2) is 0 Å². The fourth-order valence-corrected chi connectivity index (χ4v) is 1.05. The second-order valence-corrected chi connectivity index (χ2v) is 2.43. The molecule has 62 valence electrons. The van der Waals surface area contributed by atoms with Crippen molar-refractivity contribution in [3.05, 3.63) is 23.3 Å². The van der Waals surface area contributed by atoms with Crippen molar-refractivity contribution in [2.45, 2.75) is 13.2 Å². The van der Waals surface area contributed by atoms with Crippen LogP contribution in [0.1, 0.15) is 21.9 Å². The smallest absolute Gasteiger partial charge is 0.342 e. The number of hydrogen-bond donors (Lipinski definition) is 1. The van der Waals surface area contributed by atoms with Crippen molar-refractivity contribution in [2.24, 2.45) is 5.73 Å². The summed E-state index contributed by atoms with van der Waals surface area (Å²) >= 11 is 0. The van der Waals surface area contributed by atoms with Gasteiger partial charge in [0.05, 0.1) is 12.2 Å². The molecule has 0 atom stereocenters. The van der Waals surface area contributed by atoms with E-state index in [2.05, 4.69) is 9.97 Å². The van der Waals surface area contributed by atoms with Crippen LogP contribution in [0.3, 0.4) is 0 Å². The van der Waals surface area contributed by atoms with Crippen LogP contribution in [0.15, 0.2) is 6.20 Å². The molecule has 0 amide bonds. The normalized spacial score (nSPS) is 14.2. The summed E-state index contributed by atoms with van der Waals surface area (Å²) in [5, 5.41) is 0. The van der Waals surface area contributed by atoms with E-state index in [-0.39, 0.29) is 19.1 Å². The fourth-order valence-electron chi connectivity index (χ4n) is 1.05. The lowest BCUT2D eigenvalue weighted by Crippen LogP contribution is -2.05. The monoisotopic (exact) mass is 165 g/mol. The third kappa shape index (κ3) is 0.947. The Morgan fingerprint density at radius 2 is 2.50 bits per heavy atom. The molecule has 0 unspecified atom stereocenters. The molecule has 2 N–H and O–H groups in total. The van der Waals surface area contributed by atoms with Gasteiger partial charge in [0, 0.05) is 6.20 Å². The lowest BCUT2D eigenvalue weighted by molar-refractivity contribution is 0.0533. The number of nitrogens with two attached hydrogens (primary N) is 1. The number of ether oxygens (including phenoxy) is 1. The number of cyclic esters (lactones) is 1. The van der Waals surface area contributed by atoms with Crippen molar-refractivity contribution in [1.82, 2.24) is 9.97 Å². The van der Waals surface area contributed by atoms with E-state index in [4.69, 9.17) is 10.5 Å². The van der Waals surface area contributed by atoms with E-state index in [1.807, 2.05) is 0 Å². The van der Waals surface area contributed by atoms with Gasteiger partial charge >= 0.3 is 5.97 Å². The Morgan fingerprint density at radius 1 is 1.67 bits per heavy atom. The predicted octanol–water partition coefficient (Wildman–Crippen LogP) is -0.394. The minimum Gasteiger partial charge on any atom is -0.455 e. The molecule has 0 aromatic carbocycles. The lowest BCUT2D eigenvalue weighted by atomic mass is 10.3. The molecule has 5 heteroatoms. The molecule has 0 spiro atoms. The van der Waals surface area contributed by atoms with Crippen LogP contribution < -0.4 is 5.73 Å². The maximum absolute atomic E-state index is 10.9. The van der Waals surface area contributed by atoms with Crippen LogP contribution in [0.2, 0.25) is 0 Å². The van der Waals surface area contributed by atoms with Crippen molar-refractivity contribution >= 4 is 5.97 Å². The number of carbonyl (C=O) groups is 1. The summed E-state index contributed by atoms with van der Waals surface area (Å²) in [6.07, 6.45) is 1.46. The van der Waals surface area contributed by atoms with Crippen LogP contribution in [0.5, 0.6) is 0 Å². The van der Waals surface area contributed by atoms with E-state index in [1.54, 1.807) is 0 Å². The highest BCUT2D eigenvalue weighted by Crippen LogP contribution is 2.15. The summed E-state index contributed by atoms with van der Waals surface area (Å²) < 4.78 is 4.74. The van der Waals surface area contributed by atoms with Gasteiger partial charge in [-0.15, -0.1) is 0 Å². The molecule has 1 aliphatic rings. The van der Waals surface area contributed by atoms with Crippen LogP contribution in [0.4, 0.5) is 0 Å². The number of nitrogens with zero attached hydrogens (tertiary/aromatic N) is 2. The predicted molar refractivity (Wildman–Crippen MR) is 39.0 cm³/mol. The summed E-state index contributed by atoms with van der Waals surface area (Å²) in [5.74, 6) is 0.181. The van der Waals surface area contributed by atoms with Crippen molar-refractivity contribution in [3.8, 4) is 0 Å². The second-order valence-electron chi connectivity index (χ2n) is 2.43. The molecule has 5 nitrogen and oxygen atoms in total. The Bertz CT molecular complexity index is 337. The van der Waals surface area contributed by atoms with Gasteiger partial charge in [-0.2, -0.15) is 0 Å². The Morgan fingerprint density at radius 3 is 3.25 bits per heavy atom. The summed E-state index contributed by atoms with van der Waals surface area (Å²) in [6, 6.07) is 0. The van der Waals surface area contributed by atoms with Crippen molar-refractivity contribution < 1.29 is 9.53 Å². The number of hydrogen-bond acceptors (Lipinski definition) is 5. The molecule has 2 rings (SSSR count). The SMILES string of the molecule is NCc1ncc2c(n1)COC2=O. The molecule has 0 aliphatic carbocycles. The second kappa shape index (κ2) is 2.53. The van der Waals surface area contributed by atoms with Gasteiger partial charge in [-0.05, 0) is 0 Å². The number of carbonyl (C=O) groups excluding carboxylic acids is 1. The zero-order valence-electron chi connectivity index (χ0n) is 6.28. The van der Waals surface area contributed by atoms with E-state index < -0.39 is 0 Å². The Kier molecular flexibility index (Phi) is 1.51. The number of fused-ring (bicyclic) bond motifs is 1. The molecule has 0 bridgehead atoms. The van der Waals surface area contributed by atoms with Crippen molar-refractivity contribution in [1.29, 1.82) is 0 Å². The minimum atomic E-state index is -0.353. The molecule has 2 heterocycles. The maximum Gasteiger partial charge on any atom is 0.342 e. The topological polar surface area (TPSA) is 78.1 Å². The largest absolute Gasteiger partial charge is 0.455 e. The van der Waals surface area contributed by atoms with Gasteiger partial charge in [-0.3, -0.25) is 0 Å². The van der Waals surface area contributed by atoms with E-state index in [1.165, 1.54) is 6.20 Å². The average molecular weight is 165 g/mol. The molecule has 0 radical (unpaired) electrons. The number of aromatic nitrogens is 2. The van der Waals surface area contributed by atoms with Gasteiger partial charge in [-0.25, -0.2) is 14.8 Å². The van der Waals surface area contributed by atoms with Crippen LogP contribution in [-0.2, 0) is 17.9 Å². The summed E-state index contributed by atoms with van der Waals surface area (Å²) in [6.45, 7) is 0.519. The third-order valence-electron chi connectivity index (χ3n) is 1.66. The van der Waals surface area contributed by atoms with Crippen LogP contribution in [-0.4, -0.2) is 15.9 Å². The van der Waals surface area contributed by atoms with Gasteiger partial charge in [0.1, 0.15) is 18.0 Å². The summed E-state index contributed by atoms with van der Waals surface area (Å²) in [5.41, 5.74) is 6.41. The molecule has 12 heavy (non-hydrogen) atoms. The third-order valence-corrected chi connectivity index (χ3v) is 1.66. The fraction of sp³-hybridized carbons (Fsp3) is 0.286. The Labute approximate surface area is 68.6 Å².